The first-order valence-electron chi connectivity index (χ1n) is 6.06. The molecule has 0 saturated carbocycles. The van der Waals surface area contributed by atoms with Crippen LogP contribution in [0, 0.1) is 6.92 Å². The highest BCUT2D eigenvalue weighted by Crippen LogP contribution is 2.20. The summed E-state index contributed by atoms with van der Waals surface area (Å²) in [5.74, 6) is 3.43. The summed E-state index contributed by atoms with van der Waals surface area (Å²) in [6, 6.07) is 3.81. The van der Waals surface area contributed by atoms with E-state index in [1.54, 1.807) is 6.26 Å². The normalized spacial score (nSPS) is 10.4. The molecule has 2 rings (SSSR count). The van der Waals surface area contributed by atoms with Gasteiger partial charge >= 0.3 is 0 Å². The van der Waals surface area contributed by atoms with Crippen LogP contribution in [0.5, 0.6) is 0 Å². The van der Waals surface area contributed by atoms with E-state index in [0.717, 1.165) is 35.2 Å². The molecule has 0 atom stereocenters. The van der Waals surface area contributed by atoms with Gasteiger partial charge in [-0.2, -0.15) is 0 Å². The van der Waals surface area contributed by atoms with Crippen molar-refractivity contribution in [2.24, 2.45) is 0 Å². The highest BCUT2D eigenvalue weighted by molar-refractivity contribution is 5.57. The molecule has 0 unspecified atom stereocenters. The van der Waals surface area contributed by atoms with Crippen LogP contribution in [0.3, 0.4) is 0 Å². The minimum atomic E-state index is 0.622. The fourth-order valence-electron chi connectivity index (χ4n) is 1.72. The molecule has 0 aliphatic carbocycles. The van der Waals surface area contributed by atoms with E-state index in [1.165, 1.54) is 0 Å². The van der Waals surface area contributed by atoms with Gasteiger partial charge in [-0.25, -0.2) is 9.97 Å². The highest BCUT2D eigenvalue weighted by Gasteiger charge is 2.09. The number of furan rings is 1. The molecule has 96 valence electrons. The van der Waals surface area contributed by atoms with Crippen LogP contribution in [0.2, 0.25) is 0 Å². The summed E-state index contributed by atoms with van der Waals surface area (Å²) in [5, 5.41) is 6.37. The van der Waals surface area contributed by atoms with Crippen LogP contribution >= 0.6 is 0 Å². The first-order valence-corrected chi connectivity index (χ1v) is 6.06. The van der Waals surface area contributed by atoms with Gasteiger partial charge in [0, 0.05) is 19.0 Å². The van der Waals surface area contributed by atoms with Crippen LogP contribution in [0.4, 0.5) is 11.6 Å². The van der Waals surface area contributed by atoms with Crippen molar-refractivity contribution in [3.05, 3.63) is 35.5 Å². The number of aryl methyl sites for hydroxylation is 1. The van der Waals surface area contributed by atoms with Crippen molar-refractivity contribution in [2.75, 3.05) is 17.7 Å². The Morgan fingerprint density at radius 1 is 1.28 bits per heavy atom. The molecule has 5 nitrogen and oxygen atoms in total. The zero-order valence-corrected chi connectivity index (χ0v) is 10.9. The van der Waals surface area contributed by atoms with Crippen LogP contribution in [0.25, 0.3) is 0 Å². The van der Waals surface area contributed by atoms with Crippen molar-refractivity contribution in [3.63, 3.8) is 0 Å². The Morgan fingerprint density at radius 2 is 2.06 bits per heavy atom. The Labute approximate surface area is 107 Å². The number of aromatic nitrogens is 2. The molecule has 2 N–H and O–H groups in total. The van der Waals surface area contributed by atoms with Gasteiger partial charge in [-0.15, -0.1) is 0 Å². The lowest BCUT2D eigenvalue weighted by atomic mass is 10.3. The van der Waals surface area contributed by atoms with Crippen LogP contribution in [-0.2, 0) is 13.0 Å². The Bertz CT molecular complexity index is 508. The van der Waals surface area contributed by atoms with Gasteiger partial charge in [0.15, 0.2) is 0 Å². The van der Waals surface area contributed by atoms with Crippen LogP contribution < -0.4 is 10.6 Å². The number of anilines is 2. The molecule has 0 spiro atoms. The average Bonchev–Trinajstić information content (AvgIpc) is 2.90. The second-order valence-corrected chi connectivity index (χ2v) is 4.00. The van der Waals surface area contributed by atoms with E-state index in [9.17, 15) is 0 Å². The first-order chi connectivity index (χ1) is 8.74. The fourth-order valence-corrected chi connectivity index (χ4v) is 1.72. The predicted molar refractivity (Wildman–Crippen MR) is 71.7 cm³/mol. The van der Waals surface area contributed by atoms with Crippen LogP contribution in [-0.4, -0.2) is 17.0 Å². The average molecular weight is 246 g/mol. The smallest absolute Gasteiger partial charge is 0.135 e. The predicted octanol–water partition coefficient (Wildman–Crippen LogP) is 2.59. The maximum atomic E-state index is 5.29. The quantitative estimate of drug-likeness (QED) is 0.849. The Morgan fingerprint density at radius 3 is 2.67 bits per heavy atom. The Kier molecular flexibility index (Phi) is 3.82. The minimum absolute atomic E-state index is 0.622. The lowest BCUT2D eigenvalue weighted by Gasteiger charge is -2.12. The van der Waals surface area contributed by atoms with Gasteiger partial charge in [-0.3, -0.25) is 0 Å². The highest BCUT2D eigenvalue weighted by atomic mass is 16.3. The molecule has 0 aliphatic rings. The van der Waals surface area contributed by atoms with E-state index in [1.807, 2.05) is 33.0 Å². The fraction of sp³-hybridized carbons (Fsp3) is 0.385. The second kappa shape index (κ2) is 5.53. The number of nitrogens with one attached hydrogen (secondary N) is 2. The maximum Gasteiger partial charge on any atom is 0.135 e. The third-order valence-electron chi connectivity index (χ3n) is 2.76. The number of nitrogens with zero attached hydrogens (tertiary/aromatic N) is 2. The standard InChI is InChI=1S/C13H18N4O/c1-4-11-16-12(14-3)9(2)13(17-11)15-8-10-6-5-7-18-10/h5-7H,4,8H2,1-3H3,(H2,14,15,16,17). The van der Waals surface area contributed by atoms with Crippen molar-refractivity contribution in [1.82, 2.24) is 9.97 Å². The summed E-state index contributed by atoms with van der Waals surface area (Å²) in [4.78, 5) is 8.92. The number of hydrogen-bond donors (Lipinski definition) is 2. The molecule has 2 aromatic heterocycles. The van der Waals surface area contributed by atoms with Gasteiger partial charge in [-0.1, -0.05) is 6.92 Å². The molecule has 5 heteroatoms. The molecule has 0 aliphatic heterocycles. The SMILES string of the molecule is CCc1nc(NC)c(C)c(NCc2ccco2)n1. The summed E-state index contributed by atoms with van der Waals surface area (Å²) in [6.45, 7) is 4.66. The van der Waals surface area contributed by atoms with Crippen molar-refractivity contribution in [3.8, 4) is 0 Å². The molecular formula is C13H18N4O. The summed E-state index contributed by atoms with van der Waals surface area (Å²) < 4.78 is 5.29. The Balaban J connectivity index is 2.20. The van der Waals surface area contributed by atoms with Crippen molar-refractivity contribution in [2.45, 2.75) is 26.8 Å². The number of rotatable bonds is 5. The number of hydrogen-bond acceptors (Lipinski definition) is 5. The monoisotopic (exact) mass is 246 g/mol. The van der Waals surface area contributed by atoms with Crippen LogP contribution in [0.15, 0.2) is 22.8 Å². The molecule has 0 saturated heterocycles. The molecule has 0 amide bonds. The molecule has 0 fully saturated rings. The molecule has 18 heavy (non-hydrogen) atoms. The van der Waals surface area contributed by atoms with E-state index in [4.69, 9.17) is 4.42 Å². The molecule has 0 radical (unpaired) electrons. The lowest BCUT2D eigenvalue weighted by molar-refractivity contribution is 0.517. The van der Waals surface area contributed by atoms with E-state index in [-0.39, 0.29) is 0 Å². The zero-order chi connectivity index (χ0) is 13.0. The third kappa shape index (κ3) is 2.61. The summed E-state index contributed by atoms with van der Waals surface area (Å²) in [6.07, 6.45) is 2.48. The van der Waals surface area contributed by atoms with Gasteiger partial charge in [0.05, 0.1) is 12.8 Å². The molecule has 2 aromatic rings. The summed E-state index contributed by atoms with van der Waals surface area (Å²) in [5.41, 5.74) is 1.02. The van der Waals surface area contributed by atoms with Gasteiger partial charge in [0.1, 0.15) is 23.2 Å². The van der Waals surface area contributed by atoms with Gasteiger partial charge in [0.25, 0.3) is 0 Å². The molecule has 0 bridgehead atoms. The van der Waals surface area contributed by atoms with Crippen molar-refractivity contribution >= 4 is 11.6 Å². The summed E-state index contributed by atoms with van der Waals surface area (Å²) >= 11 is 0. The van der Waals surface area contributed by atoms with Gasteiger partial charge < -0.3 is 15.1 Å². The molecule has 0 aromatic carbocycles. The van der Waals surface area contributed by atoms with Gasteiger partial charge in [0.2, 0.25) is 0 Å². The Hall–Kier alpha value is -2.04. The van der Waals surface area contributed by atoms with Gasteiger partial charge in [-0.05, 0) is 19.1 Å². The maximum absolute atomic E-state index is 5.29. The van der Waals surface area contributed by atoms with Crippen molar-refractivity contribution in [1.29, 1.82) is 0 Å². The van der Waals surface area contributed by atoms with E-state index >= 15 is 0 Å². The molecular weight excluding hydrogens is 228 g/mol. The zero-order valence-electron chi connectivity index (χ0n) is 10.9. The third-order valence-corrected chi connectivity index (χ3v) is 2.76. The van der Waals surface area contributed by atoms with Crippen LogP contribution in [0.1, 0.15) is 24.1 Å². The summed E-state index contributed by atoms with van der Waals surface area (Å²) in [7, 11) is 1.87. The van der Waals surface area contributed by atoms with E-state index in [0.29, 0.717) is 6.54 Å². The first kappa shape index (κ1) is 12.4. The van der Waals surface area contributed by atoms with E-state index in [2.05, 4.69) is 20.6 Å². The van der Waals surface area contributed by atoms with E-state index < -0.39 is 0 Å². The lowest BCUT2D eigenvalue weighted by Crippen LogP contribution is -2.09. The second-order valence-electron chi connectivity index (χ2n) is 4.00. The van der Waals surface area contributed by atoms with Crippen molar-refractivity contribution < 1.29 is 4.42 Å². The minimum Gasteiger partial charge on any atom is -0.467 e. The largest absolute Gasteiger partial charge is 0.467 e. The topological polar surface area (TPSA) is 63.0 Å². The molecule has 2 heterocycles.